The average molecular weight is 610 g/mol. The van der Waals surface area contributed by atoms with Gasteiger partial charge in [-0.05, 0) is 49.8 Å². The minimum absolute atomic E-state index is 0.0231. The molecule has 0 aromatic carbocycles. The summed E-state index contributed by atoms with van der Waals surface area (Å²) in [6, 6.07) is 1.73. The van der Waals surface area contributed by atoms with Crippen molar-refractivity contribution in [3.63, 3.8) is 0 Å². The number of hydrogen-bond donors (Lipinski definition) is 1. The van der Waals surface area contributed by atoms with Crippen LogP contribution >= 0.6 is 22.9 Å². The van der Waals surface area contributed by atoms with Crippen molar-refractivity contribution >= 4 is 40.7 Å². The van der Waals surface area contributed by atoms with Crippen LogP contribution in [0, 0.1) is 39.9 Å². The first-order chi connectivity index (χ1) is 19.2. The minimum Gasteiger partial charge on any atom is -0.493 e. The number of ether oxygens (including phenoxy) is 3. The molecule has 0 radical (unpaired) electrons. The second-order valence-corrected chi connectivity index (χ2v) is 13.3. The predicted octanol–water partition coefficient (Wildman–Crippen LogP) is 4.94. The van der Waals surface area contributed by atoms with Crippen LogP contribution < -0.4 is 4.74 Å². The highest BCUT2D eigenvalue weighted by atomic mass is 35.5. The predicted molar refractivity (Wildman–Crippen MR) is 144 cm³/mol. The normalized spacial score (nSPS) is 40.9. The third-order valence-corrected chi connectivity index (χ3v) is 11.3. The third kappa shape index (κ3) is 3.79. The lowest BCUT2D eigenvalue weighted by molar-refractivity contribution is -0.230. The number of nitriles is 1. The topological polar surface area (TPSA) is 123 Å². The summed E-state index contributed by atoms with van der Waals surface area (Å²) >= 11 is 7.18. The highest BCUT2D eigenvalue weighted by molar-refractivity contribution is 7.15. The van der Waals surface area contributed by atoms with Gasteiger partial charge < -0.3 is 19.3 Å². The lowest BCUT2D eigenvalue weighted by Crippen LogP contribution is -2.71. The number of methoxy groups -OCH3 is 1. The maximum Gasteiger partial charge on any atom is 0.352 e. The monoisotopic (exact) mass is 609 g/mol. The fourth-order valence-electron chi connectivity index (χ4n) is 8.28. The molecule has 0 saturated heterocycles. The molecule has 1 aromatic rings. The van der Waals surface area contributed by atoms with E-state index in [9.17, 15) is 19.5 Å². The van der Waals surface area contributed by atoms with Gasteiger partial charge in [0.25, 0.3) is 0 Å². The molecule has 4 aliphatic rings. The number of hydrogen-bond acceptors (Lipinski definition) is 9. The van der Waals surface area contributed by atoms with E-state index in [1.165, 1.54) is 31.6 Å². The second kappa shape index (κ2) is 9.89. The van der Waals surface area contributed by atoms with Crippen molar-refractivity contribution in [3.8, 4) is 11.8 Å². The summed E-state index contributed by atoms with van der Waals surface area (Å²) in [7, 11) is 1.32. The molecule has 3 saturated carbocycles. The van der Waals surface area contributed by atoms with E-state index in [4.69, 9.17) is 31.1 Å². The largest absolute Gasteiger partial charge is 0.493 e. The average Bonchev–Trinajstić information content (AvgIpc) is 3.40. The molecule has 220 valence electrons. The van der Waals surface area contributed by atoms with E-state index in [1.807, 2.05) is 0 Å². The Labute approximate surface area is 244 Å². The van der Waals surface area contributed by atoms with Crippen LogP contribution in [-0.4, -0.2) is 60.1 Å². The molecule has 41 heavy (non-hydrogen) atoms. The summed E-state index contributed by atoms with van der Waals surface area (Å²) in [5.74, 6) is -4.98. The van der Waals surface area contributed by atoms with Crippen LogP contribution in [0.25, 0.3) is 0 Å². The number of thiophene rings is 1. The Kier molecular flexibility index (Phi) is 7.16. The van der Waals surface area contributed by atoms with E-state index in [2.05, 4.69) is 0 Å². The molecule has 9 atom stereocenters. The van der Waals surface area contributed by atoms with Crippen LogP contribution in [0.1, 0.15) is 50.4 Å². The Balaban J connectivity index is 1.64. The molecule has 12 heteroatoms. The smallest absolute Gasteiger partial charge is 0.352 e. The first-order valence-corrected chi connectivity index (χ1v) is 14.5. The Morgan fingerprint density at radius 2 is 2.00 bits per heavy atom. The Bertz CT molecular complexity index is 1420. The van der Waals surface area contributed by atoms with Crippen molar-refractivity contribution in [2.75, 3.05) is 13.7 Å². The maximum absolute atomic E-state index is 17.5. The number of esters is 2. The zero-order valence-corrected chi connectivity index (χ0v) is 24.5. The van der Waals surface area contributed by atoms with Gasteiger partial charge in [0.2, 0.25) is 5.60 Å². The quantitative estimate of drug-likeness (QED) is 0.466. The van der Waals surface area contributed by atoms with Crippen molar-refractivity contribution in [1.29, 1.82) is 5.26 Å². The molecule has 4 aliphatic carbocycles. The Hall–Kier alpha value is -2.81. The van der Waals surface area contributed by atoms with Crippen molar-refractivity contribution in [1.82, 2.24) is 0 Å². The number of fused-ring (bicyclic) bond motifs is 5. The molecule has 1 N–H and O–H groups in total. The number of carbonyl (C=O) groups is 3. The molecule has 8 nitrogen and oxygen atoms in total. The summed E-state index contributed by atoms with van der Waals surface area (Å²) < 4.78 is 50.1. The zero-order valence-electron chi connectivity index (χ0n) is 22.9. The maximum atomic E-state index is 17.5. The molecule has 3 fully saturated rings. The van der Waals surface area contributed by atoms with Crippen LogP contribution in [0.2, 0.25) is 4.34 Å². The number of aliphatic hydroxyl groups is 1. The minimum atomic E-state index is -2.39. The third-order valence-electron chi connectivity index (χ3n) is 10.1. The summed E-state index contributed by atoms with van der Waals surface area (Å²) in [5.41, 5.74) is -7.54. The molecule has 0 spiro atoms. The lowest BCUT2D eigenvalue weighted by Gasteiger charge is -2.63. The van der Waals surface area contributed by atoms with E-state index in [-0.39, 0.29) is 40.5 Å². The van der Waals surface area contributed by atoms with E-state index >= 15 is 8.78 Å². The molecule has 0 bridgehead atoms. The van der Waals surface area contributed by atoms with Crippen LogP contribution in [0.15, 0.2) is 29.2 Å². The van der Waals surface area contributed by atoms with E-state index in [0.717, 1.165) is 17.4 Å². The summed E-state index contributed by atoms with van der Waals surface area (Å²) in [6.45, 7) is 4.11. The van der Waals surface area contributed by atoms with Gasteiger partial charge in [-0.3, -0.25) is 4.79 Å². The van der Waals surface area contributed by atoms with Crippen molar-refractivity contribution in [3.05, 3.63) is 39.1 Å². The number of rotatable bonds is 5. The number of halogens is 3. The summed E-state index contributed by atoms with van der Waals surface area (Å²) in [6.07, 6.45) is -0.332. The van der Waals surface area contributed by atoms with Gasteiger partial charge in [-0.15, -0.1) is 11.3 Å². The van der Waals surface area contributed by atoms with E-state index in [0.29, 0.717) is 0 Å². The van der Waals surface area contributed by atoms with Crippen molar-refractivity contribution in [2.24, 2.45) is 28.6 Å². The van der Waals surface area contributed by atoms with Gasteiger partial charge in [0, 0.05) is 28.0 Å². The standard InChI is InChI=1S/C29H30ClF2NO7S/c1-14-9-17-18-11-20(31)19-10-15(34)5-6-26(19,2)28(18,32)21(35)12-27(17,3)29(14,25(37)39-8-7-33)40-24(36)16-13-41-23(30)22(16)38-4/h5-6,10,13-14,17-18,20-21,35H,8-9,11-12H2,1-4H3/t14-,17+,18+,20+,21+,26+,27+,28+,29+/m1/s1. The first-order valence-electron chi connectivity index (χ1n) is 13.3. The molecular formula is C29H30ClF2NO7S. The second-order valence-electron chi connectivity index (χ2n) is 11.8. The number of carbonyl (C=O) groups excluding carboxylic acids is 3. The number of ketones is 1. The molecular weight excluding hydrogens is 580 g/mol. The van der Waals surface area contributed by atoms with Crippen molar-refractivity contribution in [2.45, 2.75) is 63.6 Å². The first kappa shape index (κ1) is 29.7. The van der Waals surface area contributed by atoms with Crippen LogP contribution in [0.3, 0.4) is 0 Å². The van der Waals surface area contributed by atoms with E-state index < -0.39 is 76.5 Å². The molecule has 1 heterocycles. The van der Waals surface area contributed by atoms with Gasteiger partial charge in [-0.1, -0.05) is 31.5 Å². The molecule has 0 aliphatic heterocycles. The van der Waals surface area contributed by atoms with Crippen molar-refractivity contribution < 1.29 is 42.5 Å². The summed E-state index contributed by atoms with van der Waals surface area (Å²) in [4.78, 5) is 39.6. The van der Waals surface area contributed by atoms with Gasteiger partial charge >= 0.3 is 11.9 Å². The van der Waals surface area contributed by atoms with E-state index in [1.54, 1.807) is 19.9 Å². The van der Waals surface area contributed by atoms with Gasteiger partial charge in [-0.2, -0.15) is 5.26 Å². The van der Waals surface area contributed by atoms with Gasteiger partial charge in [0.15, 0.2) is 23.8 Å². The highest BCUT2D eigenvalue weighted by Gasteiger charge is 2.78. The fourth-order valence-corrected chi connectivity index (χ4v) is 9.32. The number of allylic oxidation sites excluding steroid dienone is 4. The van der Waals surface area contributed by atoms with Crippen LogP contribution in [0.4, 0.5) is 8.78 Å². The number of nitrogens with zero attached hydrogens (tertiary/aromatic N) is 1. The molecule has 5 rings (SSSR count). The summed E-state index contributed by atoms with van der Waals surface area (Å²) in [5, 5.41) is 22.2. The highest BCUT2D eigenvalue weighted by Crippen LogP contribution is 2.71. The van der Waals surface area contributed by atoms with Crippen LogP contribution in [0.5, 0.6) is 5.75 Å². The molecule has 0 amide bonds. The SMILES string of the molecule is COc1c(C(=O)O[C@]2(C(=O)OCC#N)[C@H](C)C[C@H]3[C@@H]4C[C@H](F)C5=CC(=O)C=C[C@]5(C)[C@@]4(F)[C@@H](O)C[C@@]32C)csc1Cl. The van der Waals surface area contributed by atoms with Crippen LogP contribution in [-0.2, 0) is 19.1 Å². The lowest BCUT2D eigenvalue weighted by atomic mass is 9.44. The van der Waals surface area contributed by atoms with Gasteiger partial charge in [0.05, 0.1) is 13.2 Å². The van der Waals surface area contributed by atoms with Gasteiger partial charge in [0.1, 0.15) is 22.1 Å². The Morgan fingerprint density at radius 3 is 2.66 bits per heavy atom. The molecule has 0 unspecified atom stereocenters. The van der Waals surface area contributed by atoms with Gasteiger partial charge in [-0.25, -0.2) is 18.4 Å². The zero-order chi connectivity index (χ0) is 30.1. The Morgan fingerprint density at radius 1 is 1.29 bits per heavy atom. The number of alkyl halides is 2. The fraction of sp³-hybridized carbons (Fsp3) is 0.586. The molecule has 1 aromatic heterocycles. The number of aliphatic hydroxyl groups excluding tert-OH is 1.